The third-order valence-corrected chi connectivity index (χ3v) is 3.10. The van der Waals surface area contributed by atoms with Gasteiger partial charge in [-0.3, -0.25) is 4.79 Å². The molecule has 0 fully saturated rings. The zero-order valence-corrected chi connectivity index (χ0v) is 12.6. The Hall–Kier alpha value is -1.06. The van der Waals surface area contributed by atoms with Crippen molar-refractivity contribution in [2.45, 2.75) is 78.2 Å². The van der Waals surface area contributed by atoms with Crippen molar-refractivity contribution in [1.82, 2.24) is 5.32 Å². The van der Waals surface area contributed by atoms with Crippen LogP contribution in [-0.2, 0) is 9.59 Å². The molecule has 0 heterocycles. The van der Waals surface area contributed by atoms with Crippen molar-refractivity contribution in [3.8, 4) is 0 Å². The van der Waals surface area contributed by atoms with Gasteiger partial charge >= 0.3 is 5.97 Å². The Labute approximate surface area is 117 Å². The molecule has 1 atom stereocenters. The summed E-state index contributed by atoms with van der Waals surface area (Å²) in [5, 5.41) is 11.6. The molecule has 112 valence electrons. The molecule has 2 N–H and O–H groups in total. The molecule has 1 amide bonds. The number of unbranched alkanes of at least 4 members (excludes halogenated alkanes) is 5. The van der Waals surface area contributed by atoms with Crippen molar-refractivity contribution in [2.24, 2.45) is 5.92 Å². The molecule has 19 heavy (non-hydrogen) atoms. The molecule has 0 aromatic rings. The summed E-state index contributed by atoms with van der Waals surface area (Å²) in [5.41, 5.74) is 0. The maximum absolute atomic E-state index is 11.7. The Bertz CT molecular complexity index is 264. The third kappa shape index (κ3) is 10.5. The number of hydrogen-bond donors (Lipinski definition) is 2. The van der Waals surface area contributed by atoms with Crippen molar-refractivity contribution >= 4 is 11.9 Å². The van der Waals surface area contributed by atoms with E-state index in [4.69, 9.17) is 5.11 Å². The van der Waals surface area contributed by atoms with Gasteiger partial charge in [-0.05, 0) is 18.8 Å². The fourth-order valence-electron chi connectivity index (χ4n) is 2.03. The predicted octanol–water partition coefficient (Wildman–Crippen LogP) is 3.35. The maximum Gasteiger partial charge on any atom is 0.326 e. The van der Waals surface area contributed by atoms with Crippen LogP contribution in [0.5, 0.6) is 0 Å². The first-order valence-corrected chi connectivity index (χ1v) is 7.49. The summed E-state index contributed by atoms with van der Waals surface area (Å²) in [4.78, 5) is 22.7. The van der Waals surface area contributed by atoms with Crippen molar-refractivity contribution < 1.29 is 14.7 Å². The number of carboxylic acids is 1. The van der Waals surface area contributed by atoms with E-state index in [1.165, 1.54) is 19.3 Å². The molecule has 1 unspecified atom stereocenters. The highest BCUT2D eigenvalue weighted by molar-refractivity contribution is 5.83. The Morgan fingerprint density at radius 2 is 1.63 bits per heavy atom. The summed E-state index contributed by atoms with van der Waals surface area (Å²) in [7, 11) is 0. The number of carboxylic acid groups (broad SMARTS) is 1. The second-order valence-electron chi connectivity index (χ2n) is 5.61. The lowest BCUT2D eigenvalue weighted by molar-refractivity contribution is -0.142. The van der Waals surface area contributed by atoms with Gasteiger partial charge in [0.05, 0.1) is 0 Å². The van der Waals surface area contributed by atoms with Gasteiger partial charge in [-0.2, -0.15) is 0 Å². The zero-order chi connectivity index (χ0) is 14.7. The van der Waals surface area contributed by atoms with Crippen LogP contribution in [0.3, 0.4) is 0 Å². The second-order valence-corrected chi connectivity index (χ2v) is 5.61. The minimum absolute atomic E-state index is 0.136. The van der Waals surface area contributed by atoms with E-state index >= 15 is 0 Å². The number of amides is 1. The van der Waals surface area contributed by atoms with E-state index in [1.54, 1.807) is 0 Å². The Kier molecular flexibility index (Phi) is 10.2. The molecule has 4 heteroatoms. The van der Waals surface area contributed by atoms with Gasteiger partial charge in [-0.1, -0.05) is 52.9 Å². The average molecular weight is 271 g/mol. The molecule has 0 bridgehead atoms. The highest BCUT2D eigenvalue weighted by Gasteiger charge is 2.20. The summed E-state index contributed by atoms with van der Waals surface area (Å²) in [6, 6.07) is -0.743. The quantitative estimate of drug-likeness (QED) is 0.566. The van der Waals surface area contributed by atoms with E-state index in [0.29, 0.717) is 12.8 Å². The second kappa shape index (κ2) is 10.8. The molecule has 0 spiro atoms. The van der Waals surface area contributed by atoms with Crippen LogP contribution in [0.4, 0.5) is 0 Å². The molecule has 0 saturated carbocycles. The van der Waals surface area contributed by atoms with Gasteiger partial charge in [0.25, 0.3) is 0 Å². The molecule has 0 aliphatic heterocycles. The first-order valence-electron chi connectivity index (χ1n) is 7.49. The lowest BCUT2D eigenvalue weighted by atomic mass is 10.0. The summed E-state index contributed by atoms with van der Waals surface area (Å²) >= 11 is 0. The summed E-state index contributed by atoms with van der Waals surface area (Å²) in [5.74, 6) is -0.816. The number of rotatable bonds is 11. The largest absolute Gasteiger partial charge is 0.480 e. The van der Waals surface area contributed by atoms with Gasteiger partial charge in [0.15, 0.2) is 0 Å². The van der Waals surface area contributed by atoms with Crippen molar-refractivity contribution in [3.05, 3.63) is 0 Å². The Balaban J connectivity index is 3.78. The highest BCUT2D eigenvalue weighted by Crippen LogP contribution is 2.08. The van der Waals surface area contributed by atoms with E-state index in [-0.39, 0.29) is 11.8 Å². The van der Waals surface area contributed by atoms with Crippen LogP contribution in [0.25, 0.3) is 0 Å². The Morgan fingerprint density at radius 3 is 2.16 bits per heavy atom. The predicted molar refractivity (Wildman–Crippen MR) is 77.0 cm³/mol. The number of carbonyl (C=O) groups excluding carboxylic acids is 1. The van der Waals surface area contributed by atoms with Crippen LogP contribution in [0.15, 0.2) is 0 Å². The maximum atomic E-state index is 11.7. The van der Waals surface area contributed by atoms with Gasteiger partial charge in [-0.15, -0.1) is 0 Å². The van der Waals surface area contributed by atoms with Gasteiger partial charge in [-0.25, -0.2) is 4.79 Å². The number of hydrogen-bond acceptors (Lipinski definition) is 2. The minimum Gasteiger partial charge on any atom is -0.480 e. The smallest absolute Gasteiger partial charge is 0.326 e. The first kappa shape index (κ1) is 17.9. The molecule has 0 aromatic heterocycles. The van der Waals surface area contributed by atoms with Crippen LogP contribution in [-0.4, -0.2) is 23.0 Å². The monoisotopic (exact) mass is 271 g/mol. The van der Waals surface area contributed by atoms with Crippen LogP contribution >= 0.6 is 0 Å². The fraction of sp³-hybridized carbons (Fsp3) is 0.867. The van der Waals surface area contributed by atoms with Crippen LogP contribution in [0, 0.1) is 5.92 Å². The van der Waals surface area contributed by atoms with Gasteiger partial charge in [0, 0.05) is 6.42 Å². The molecule has 0 saturated heterocycles. The molecule has 0 aliphatic rings. The van der Waals surface area contributed by atoms with Crippen LogP contribution < -0.4 is 5.32 Å². The Morgan fingerprint density at radius 1 is 1.05 bits per heavy atom. The fourth-order valence-corrected chi connectivity index (χ4v) is 2.03. The SMILES string of the molecule is CCCCCCCCC(=O)NC(CC(C)C)C(=O)O. The summed E-state index contributed by atoms with van der Waals surface area (Å²) in [6.45, 7) is 6.08. The van der Waals surface area contributed by atoms with Gasteiger partial charge in [0.1, 0.15) is 6.04 Å². The van der Waals surface area contributed by atoms with Gasteiger partial charge < -0.3 is 10.4 Å². The van der Waals surface area contributed by atoms with Crippen molar-refractivity contribution in [3.63, 3.8) is 0 Å². The summed E-state index contributed by atoms with van der Waals surface area (Å²) in [6.07, 6.45) is 7.68. The van der Waals surface area contributed by atoms with E-state index in [1.807, 2.05) is 13.8 Å². The summed E-state index contributed by atoms with van der Waals surface area (Å²) < 4.78 is 0. The van der Waals surface area contributed by atoms with E-state index in [0.717, 1.165) is 19.3 Å². The average Bonchev–Trinajstić information content (AvgIpc) is 2.32. The molecular formula is C15H29NO3. The molecule has 0 radical (unpaired) electrons. The number of nitrogens with one attached hydrogen (secondary N) is 1. The van der Waals surface area contributed by atoms with E-state index < -0.39 is 12.0 Å². The minimum atomic E-state index is -0.940. The molecular weight excluding hydrogens is 242 g/mol. The van der Waals surface area contributed by atoms with Crippen LogP contribution in [0.2, 0.25) is 0 Å². The number of aliphatic carboxylic acids is 1. The van der Waals surface area contributed by atoms with Crippen molar-refractivity contribution in [1.29, 1.82) is 0 Å². The normalized spacial score (nSPS) is 12.4. The standard InChI is InChI=1S/C15H29NO3/c1-4-5-6-7-8-9-10-14(17)16-13(15(18)19)11-12(2)3/h12-13H,4-11H2,1-3H3,(H,16,17)(H,18,19). The lowest BCUT2D eigenvalue weighted by Gasteiger charge is -2.16. The molecule has 4 nitrogen and oxygen atoms in total. The molecule has 0 rings (SSSR count). The van der Waals surface area contributed by atoms with Crippen molar-refractivity contribution in [2.75, 3.05) is 0 Å². The number of carbonyl (C=O) groups is 2. The molecule has 0 aromatic carbocycles. The molecule has 0 aliphatic carbocycles. The zero-order valence-electron chi connectivity index (χ0n) is 12.6. The first-order chi connectivity index (χ1) is 8.97. The van der Waals surface area contributed by atoms with Crippen LogP contribution in [0.1, 0.15) is 72.1 Å². The topological polar surface area (TPSA) is 66.4 Å². The van der Waals surface area contributed by atoms with Gasteiger partial charge in [0.2, 0.25) is 5.91 Å². The highest BCUT2D eigenvalue weighted by atomic mass is 16.4. The lowest BCUT2D eigenvalue weighted by Crippen LogP contribution is -2.41. The van der Waals surface area contributed by atoms with E-state index in [2.05, 4.69) is 12.2 Å². The third-order valence-electron chi connectivity index (χ3n) is 3.10. The van der Waals surface area contributed by atoms with E-state index in [9.17, 15) is 9.59 Å².